The van der Waals surface area contributed by atoms with Gasteiger partial charge in [0.25, 0.3) is 0 Å². The van der Waals surface area contributed by atoms with Gasteiger partial charge in [-0.15, -0.1) is 0 Å². The van der Waals surface area contributed by atoms with Crippen molar-refractivity contribution in [2.24, 2.45) is 5.92 Å². The number of amides is 1. The maximum atomic E-state index is 12.8. The summed E-state index contributed by atoms with van der Waals surface area (Å²) < 4.78 is 11.9. The summed E-state index contributed by atoms with van der Waals surface area (Å²) in [6.45, 7) is 12.1. The Labute approximate surface area is 189 Å². The van der Waals surface area contributed by atoms with Crippen molar-refractivity contribution in [3.05, 3.63) is 24.2 Å². The Balaban J connectivity index is 1.42. The first-order chi connectivity index (χ1) is 15.1. The summed E-state index contributed by atoms with van der Waals surface area (Å²) in [5.74, 6) is 2.27. The third-order valence-corrected chi connectivity index (χ3v) is 6.21. The quantitative estimate of drug-likeness (QED) is 0.696. The van der Waals surface area contributed by atoms with Gasteiger partial charge >= 0.3 is 6.09 Å². The molecule has 2 fully saturated rings. The highest BCUT2D eigenvalue weighted by Crippen LogP contribution is 2.41. The fourth-order valence-corrected chi connectivity index (χ4v) is 4.59. The molecule has 2 aromatic rings. The number of anilines is 2. The Morgan fingerprint density at radius 1 is 1.25 bits per heavy atom. The van der Waals surface area contributed by atoms with Gasteiger partial charge in [0.2, 0.25) is 5.88 Å². The number of carbonyl (C=O) groups excluding carboxylic acids is 1. The Morgan fingerprint density at radius 3 is 2.72 bits per heavy atom. The van der Waals surface area contributed by atoms with E-state index in [1.165, 1.54) is 0 Å². The van der Waals surface area contributed by atoms with E-state index < -0.39 is 5.60 Å². The van der Waals surface area contributed by atoms with E-state index in [2.05, 4.69) is 46.3 Å². The smallest absolute Gasteiger partial charge is 0.410 e. The molecule has 1 amide bonds. The van der Waals surface area contributed by atoms with Crippen molar-refractivity contribution in [1.82, 2.24) is 25.1 Å². The van der Waals surface area contributed by atoms with Gasteiger partial charge in [-0.1, -0.05) is 20.8 Å². The molecule has 1 unspecified atom stereocenters. The highest BCUT2D eigenvalue weighted by atomic mass is 16.6. The number of ether oxygens (including phenoxy) is 2. The normalized spacial score (nSPS) is 25.2. The van der Waals surface area contributed by atoms with Crippen molar-refractivity contribution >= 4 is 17.7 Å². The Morgan fingerprint density at radius 2 is 2.03 bits per heavy atom. The molecule has 2 aliphatic heterocycles. The van der Waals surface area contributed by atoms with Gasteiger partial charge in [-0.25, -0.2) is 4.79 Å². The van der Waals surface area contributed by atoms with Crippen LogP contribution in [0.4, 0.5) is 16.4 Å². The van der Waals surface area contributed by atoms with Crippen LogP contribution in [0.5, 0.6) is 5.88 Å². The lowest BCUT2D eigenvalue weighted by Crippen LogP contribution is -2.55. The fraction of sp³-hybridized carbons (Fsp3) is 0.652. The molecule has 2 N–H and O–H groups in total. The number of hydrogen-bond acceptors (Lipinski definition) is 7. The van der Waals surface area contributed by atoms with Gasteiger partial charge in [0.1, 0.15) is 11.7 Å². The summed E-state index contributed by atoms with van der Waals surface area (Å²) in [6.07, 6.45) is 5.72. The van der Waals surface area contributed by atoms with Crippen LogP contribution in [0.3, 0.4) is 0 Å². The zero-order valence-electron chi connectivity index (χ0n) is 19.8. The molecule has 0 radical (unpaired) electrons. The minimum absolute atomic E-state index is 0.0336. The second kappa shape index (κ2) is 8.60. The first kappa shape index (κ1) is 22.4. The Bertz CT molecular complexity index is 953. The average Bonchev–Trinajstić information content (AvgIpc) is 3.30. The van der Waals surface area contributed by atoms with Crippen LogP contribution in [0, 0.1) is 5.92 Å². The number of nitrogens with zero attached hydrogens (tertiary/aromatic N) is 4. The summed E-state index contributed by atoms with van der Waals surface area (Å²) in [6, 6.07) is 2.21. The van der Waals surface area contributed by atoms with Crippen LogP contribution < -0.4 is 10.1 Å². The number of rotatable bonds is 5. The second-order valence-corrected chi connectivity index (χ2v) is 10.2. The van der Waals surface area contributed by atoms with Gasteiger partial charge in [-0.3, -0.25) is 10.1 Å². The van der Waals surface area contributed by atoms with Gasteiger partial charge in [0.05, 0.1) is 12.4 Å². The van der Waals surface area contributed by atoms with Crippen LogP contribution in [0.15, 0.2) is 18.5 Å². The van der Waals surface area contributed by atoms with Crippen LogP contribution in [0.25, 0.3) is 0 Å². The molecule has 2 aromatic heterocycles. The standard InChI is InChI=1S/C23H34N6O3/c1-13(2)16-10-19(28-27-16)25-20-11-24-12-21(26-20)31-18-9-15-7-8-17(14(18)3)29(15)22(30)32-23(4,5)6/h10-15,17-18H,7-9H2,1-6H3,(H2,25,26,27,28)/t14-,15-,17+,18?/m0/s1. The van der Waals surface area contributed by atoms with Crippen LogP contribution >= 0.6 is 0 Å². The first-order valence-electron chi connectivity index (χ1n) is 11.4. The van der Waals surface area contributed by atoms with Crippen LogP contribution in [-0.2, 0) is 4.74 Å². The van der Waals surface area contributed by atoms with Crippen molar-refractivity contribution in [3.8, 4) is 5.88 Å². The minimum Gasteiger partial charge on any atom is -0.473 e. The summed E-state index contributed by atoms with van der Waals surface area (Å²) in [4.78, 5) is 23.6. The molecule has 2 saturated heterocycles. The van der Waals surface area contributed by atoms with Crippen molar-refractivity contribution in [1.29, 1.82) is 0 Å². The van der Waals surface area contributed by atoms with E-state index in [9.17, 15) is 4.79 Å². The molecule has 9 heteroatoms. The van der Waals surface area contributed by atoms with E-state index in [-0.39, 0.29) is 30.2 Å². The lowest BCUT2D eigenvalue weighted by molar-refractivity contribution is -0.0272. The molecule has 4 atom stereocenters. The predicted molar refractivity (Wildman–Crippen MR) is 121 cm³/mol. The molecule has 2 aliphatic rings. The van der Waals surface area contributed by atoms with Crippen LogP contribution in [0.2, 0.25) is 0 Å². The number of nitrogens with one attached hydrogen (secondary N) is 2. The molecule has 0 saturated carbocycles. The van der Waals surface area contributed by atoms with E-state index in [0.29, 0.717) is 23.4 Å². The third-order valence-electron chi connectivity index (χ3n) is 6.21. The predicted octanol–water partition coefficient (Wildman–Crippen LogP) is 4.62. The molecular formula is C23H34N6O3. The monoisotopic (exact) mass is 442 g/mol. The molecule has 32 heavy (non-hydrogen) atoms. The summed E-state index contributed by atoms with van der Waals surface area (Å²) in [7, 11) is 0. The van der Waals surface area contributed by atoms with E-state index >= 15 is 0 Å². The van der Waals surface area contributed by atoms with Gasteiger partial charge in [0.15, 0.2) is 11.6 Å². The largest absolute Gasteiger partial charge is 0.473 e. The van der Waals surface area contributed by atoms with Gasteiger partial charge in [-0.05, 0) is 39.5 Å². The fourth-order valence-electron chi connectivity index (χ4n) is 4.59. The van der Waals surface area contributed by atoms with Crippen molar-refractivity contribution in [3.63, 3.8) is 0 Å². The summed E-state index contributed by atoms with van der Waals surface area (Å²) in [5, 5.41) is 10.5. The first-order valence-corrected chi connectivity index (χ1v) is 11.4. The number of H-pyrrole nitrogens is 1. The van der Waals surface area contributed by atoms with Gasteiger partial charge in [-0.2, -0.15) is 10.1 Å². The Kier molecular flexibility index (Phi) is 6.01. The number of piperidine rings is 1. The zero-order valence-corrected chi connectivity index (χ0v) is 19.8. The van der Waals surface area contributed by atoms with Crippen LogP contribution in [0.1, 0.15) is 72.4 Å². The number of fused-ring (bicyclic) bond motifs is 2. The molecule has 0 aliphatic carbocycles. The highest BCUT2D eigenvalue weighted by Gasteiger charge is 2.49. The van der Waals surface area contributed by atoms with Crippen molar-refractivity contribution in [2.75, 3.05) is 5.32 Å². The summed E-state index contributed by atoms with van der Waals surface area (Å²) in [5.41, 5.74) is 0.550. The van der Waals surface area contributed by atoms with Gasteiger partial charge < -0.3 is 19.7 Å². The Hall–Kier alpha value is -2.84. The lowest BCUT2D eigenvalue weighted by atomic mass is 9.89. The van der Waals surface area contributed by atoms with E-state index in [0.717, 1.165) is 25.0 Å². The molecule has 9 nitrogen and oxygen atoms in total. The molecular weight excluding hydrogens is 408 g/mol. The maximum Gasteiger partial charge on any atom is 0.410 e. The van der Waals surface area contributed by atoms with E-state index in [1.807, 2.05) is 31.7 Å². The molecule has 2 bridgehead atoms. The average molecular weight is 443 g/mol. The second-order valence-electron chi connectivity index (χ2n) is 10.2. The molecule has 174 valence electrons. The SMILES string of the molecule is CC(C)c1cc(Nc2cncc(OC3C[C@@H]4CC[C@H]([C@@H]3C)N4C(=O)OC(C)(C)C)n2)n[nH]1. The van der Waals surface area contributed by atoms with Crippen LogP contribution in [-0.4, -0.2) is 54.9 Å². The van der Waals surface area contributed by atoms with Gasteiger partial charge in [0, 0.05) is 36.2 Å². The molecule has 0 spiro atoms. The van der Waals surface area contributed by atoms with E-state index in [4.69, 9.17) is 9.47 Å². The minimum atomic E-state index is -0.500. The topological polar surface area (TPSA) is 105 Å². The highest BCUT2D eigenvalue weighted by molar-refractivity contribution is 5.69. The summed E-state index contributed by atoms with van der Waals surface area (Å²) >= 11 is 0. The third kappa shape index (κ3) is 4.81. The van der Waals surface area contributed by atoms with Crippen molar-refractivity contribution < 1.29 is 14.3 Å². The van der Waals surface area contributed by atoms with E-state index in [1.54, 1.807) is 12.4 Å². The molecule has 4 heterocycles. The number of aromatic nitrogens is 4. The number of hydrogen-bond donors (Lipinski definition) is 2. The lowest BCUT2D eigenvalue weighted by Gasteiger charge is -2.43. The molecule has 0 aromatic carbocycles. The molecule has 4 rings (SSSR count). The van der Waals surface area contributed by atoms with Crippen molar-refractivity contribution in [2.45, 2.75) is 90.5 Å². The number of aromatic amines is 1. The number of carbonyl (C=O) groups is 1. The zero-order chi connectivity index (χ0) is 23.0. The maximum absolute atomic E-state index is 12.8.